The fraction of sp³-hybridized carbons (Fsp3) is 0.150. The molecule has 0 aliphatic heterocycles. The van der Waals surface area contributed by atoms with Crippen molar-refractivity contribution >= 4 is 46.1 Å². The van der Waals surface area contributed by atoms with Crippen LogP contribution in [0.2, 0.25) is 0 Å². The Balaban J connectivity index is 1.92. The molecule has 2 aromatic carbocycles. The molecule has 13 heteroatoms. The molecule has 0 bridgehead atoms. The number of aliphatic hydroxyl groups excluding tert-OH is 1. The van der Waals surface area contributed by atoms with E-state index in [9.17, 15) is 18.0 Å². The minimum atomic E-state index is -1.46. The first-order valence-corrected chi connectivity index (χ1v) is 10.3. The molecule has 0 saturated heterocycles. The number of hydrogen-bond donors (Lipinski definition) is 3. The van der Waals surface area contributed by atoms with E-state index in [2.05, 4.69) is 15.5 Å². The molecule has 3 rings (SSSR count). The van der Waals surface area contributed by atoms with Crippen molar-refractivity contribution in [2.75, 3.05) is 18.5 Å². The van der Waals surface area contributed by atoms with Crippen LogP contribution in [0, 0.1) is 21.0 Å². The van der Waals surface area contributed by atoms with Gasteiger partial charge in [-0.3, -0.25) is 9.63 Å². The van der Waals surface area contributed by atoms with Crippen LogP contribution in [0.15, 0.2) is 46.3 Å². The number of amides is 1. The molecule has 3 N–H and O–H groups in total. The van der Waals surface area contributed by atoms with Gasteiger partial charge in [-0.1, -0.05) is 5.16 Å². The highest BCUT2D eigenvalue weighted by Gasteiger charge is 2.23. The number of halogens is 4. The van der Waals surface area contributed by atoms with Crippen molar-refractivity contribution in [2.45, 2.75) is 6.61 Å². The Labute approximate surface area is 198 Å². The predicted molar refractivity (Wildman–Crippen MR) is 118 cm³/mol. The van der Waals surface area contributed by atoms with Gasteiger partial charge in [0, 0.05) is 9.13 Å². The second-order valence-electron chi connectivity index (χ2n) is 6.20. The number of nitrogens with one attached hydrogen (secondary N) is 2. The molecule has 3 aromatic rings. The van der Waals surface area contributed by atoms with E-state index < -0.39 is 46.8 Å². The fourth-order valence-electron chi connectivity index (χ4n) is 2.49. The lowest BCUT2D eigenvalue weighted by Crippen LogP contribution is -2.26. The summed E-state index contributed by atoms with van der Waals surface area (Å²) in [4.78, 5) is 26.0. The molecule has 0 aliphatic rings. The van der Waals surface area contributed by atoms with Crippen molar-refractivity contribution in [3.8, 4) is 0 Å². The lowest BCUT2D eigenvalue weighted by molar-refractivity contribution is 0.0168. The molecule has 0 spiro atoms. The van der Waals surface area contributed by atoms with Gasteiger partial charge in [0.1, 0.15) is 12.1 Å². The summed E-state index contributed by atoms with van der Waals surface area (Å²) in [7, 11) is 0. The first-order chi connectivity index (χ1) is 15.9. The van der Waals surface area contributed by atoms with E-state index in [1.807, 2.05) is 28.1 Å². The lowest BCUT2D eigenvalue weighted by Gasteiger charge is -2.15. The van der Waals surface area contributed by atoms with Crippen LogP contribution in [0.5, 0.6) is 0 Å². The summed E-state index contributed by atoms with van der Waals surface area (Å²) in [6.45, 7) is -0.800. The molecule has 0 radical (unpaired) electrons. The third-order valence-electron chi connectivity index (χ3n) is 3.97. The predicted octanol–water partition coefficient (Wildman–Crippen LogP) is 3.64. The van der Waals surface area contributed by atoms with Crippen molar-refractivity contribution in [3.63, 3.8) is 0 Å². The van der Waals surface area contributed by atoms with Gasteiger partial charge in [0.05, 0.1) is 42.6 Å². The first kappa shape index (κ1) is 24.5. The van der Waals surface area contributed by atoms with Gasteiger partial charge in [-0.25, -0.2) is 23.6 Å². The summed E-state index contributed by atoms with van der Waals surface area (Å²) in [6, 6.07) is 5.00. The molecule has 0 unspecified atom stereocenters. The van der Waals surface area contributed by atoms with E-state index in [0.29, 0.717) is 3.57 Å². The van der Waals surface area contributed by atoms with E-state index in [1.165, 1.54) is 30.7 Å². The number of rotatable bonds is 10. The molecule has 174 valence electrons. The number of oxime groups is 1. The molecule has 0 fully saturated rings. The zero-order valence-corrected chi connectivity index (χ0v) is 18.8. The summed E-state index contributed by atoms with van der Waals surface area (Å²) in [6.07, 6.45) is 3.56. The van der Waals surface area contributed by atoms with Gasteiger partial charge in [-0.05, 0) is 46.9 Å². The second-order valence-corrected chi connectivity index (χ2v) is 7.45. The average molecular weight is 576 g/mol. The summed E-state index contributed by atoms with van der Waals surface area (Å²) in [5, 5.41) is 14.7. The van der Waals surface area contributed by atoms with Crippen LogP contribution >= 0.6 is 22.6 Å². The monoisotopic (exact) mass is 576 g/mol. The van der Waals surface area contributed by atoms with Gasteiger partial charge < -0.3 is 19.7 Å². The third kappa shape index (κ3) is 6.43. The minimum absolute atomic E-state index is 0.165. The Kier molecular flexibility index (Phi) is 8.62. The van der Waals surface area contributed by atoms with Crippen LogP contribution < -0.4 is 10.8 Å². The maximum absolute atomic E-state index is 15.0. The molecule has 1 amide bonds. The van der Waals surface area contributed by atoms with Crippen molar-refractivity contribution in [3.05, 3.63) is 74.8 Å². The average Bonchev–Trinajstić information content (AvgIpc) is 3.31. The van der Waals surface area contributed by atoms with E-state index in [4.69, 9.17) is 19.2 Å². The molecule has 1 aromatic heterocycles. The minimum Gasteiger partial charge on any atom is -0.445 e. The molecule has 0 aliphatic carbocycles. The van der Waals surface area contributed by atoms with Crippen molar-refractivity contribution in [1.82, 2.24) is 10.5 Å². The summed E-state index contributed by atoms with van der Waals surface area (Å²) >= 11 is 1.89. The Bertz CT molecular complexity index is 1150. The van der Waals surface area contributed by atoms with Gasteiger partial charge in [-0.2, -0.15) is 0 Å². The third-order valence-corrected chi connectivity index (χ3v) is 4.64. The van der Waals surface area contributed by atoms with Crippen molar-refractivity contribution in [1.29, 1.82) is 0 Å². The lowest BCUT2D eigenvalue weighted by atomic mass is 10.1. The van der Waals surface area contributed by atoms with Crippen LogP contribution in [-0.2, 0) is 16.3 Å². The smallest absolute Gasteiger partial charge is 0.277 e. The maximum Gasteiger partial charge on any atom is 0.277 e. The van der Waals surface area contributed by atoms with E-state index in [-0.39, 0.29) is 24.8 Å². The SMILES string of the molecule is O=C(NOCCO)c1cc(C=NOCc2ncco2)c(F)c(F)c1Nc1ccc(I)cc1F. The Morgan fingerprint density at radius 3 is 2.79 bits per heavy atom. The molecule has 9 nitrogen and oxygen atoms in total. The molecule has 33 heavy (non-hydrogen) atoms. The standard InChI is InChI=1S/C20H16F3IN4O5/c21-14-8-12(24)1-2-15(14)27-19-13(20(30)28-32-6-4-29)7-11(17(22)18(19)23)9-26-33-10-16-25-3-5-31-16/h1-3,5,7-9,27,29H,4,6,10H2,(H,28,30). The van der Waals surface area contributed by atoms with E-state index in [1.54, 1.807) is 0 Å². The summed E-state index contributed by atoms with van der Waals surface area (Å²) in [5.41, 5.74) is 0.328. The molecular formula is C20H16F3IN4O5. The number of carbonyl (C=O) groups excluding carboxylic acids is 1. The number of hydroxylamine groups is 1. The highest BCUT2D eigenvalue weighted by Crippen LogP contribution is 2.30. The zero-order valence-electron chi connectivity index (χ0n) is 16.6. The zero-order chi connectivity index (χ0) is 23.8. The van der Waals surface area contributed by atoms with Gasteiger partial charge in [-0.15, -0.1) is 0 Å². The maximum atomic E-state index is 15.0. The van der Waals surface area contributed by atoms with Gasteiger partial charge in [0.15, 0.2) is 18.2 Å². The number of anilines is 2. The Morgan fingerprint density at radius 2 is 2.09 bits per heavy atom. The Morgan fingerprint density at radius 1 is 1.27 bits per heavy atom. The number of aliphatic hydroxyl groups is 1. The van der Waals surface area contributed by atoms with E-state index >= 15 is 0 Å². The van der Waals surface area contributed by atoms with Crippen LogP contribution in [0.1, 0.15) is 21.8 Å². The van der Waals surface area contributed by atoms with Crippen LogP contribution in [0.4, 0.5) is 24.5 Å². The number of benzene rings is 2. The highest BCUT2D eigenvalue weighted by atomic mass is 127. The highest BCUT2D eigenvalue weighted by molar-refractivity contribution is 14.1. The number of nitrogens with zero attached hydrogens (tertiary/aromatic N) is 2. The first-order valence-electron chi connectivity index (χ1n) is 9.21. The fourth-order valence-corrected chi connectivity index (χ4v) is 2.95. The molecular weight excluding hydrogens is 560 g/mol. The number of carbonyl (C=O) groups is 1. The van der Waals surface area contributed by atoms with Gasteiger partial charge >= 0.3 is 0 Å². The van der Waals surface area contributed by atoms with Crippen LogP contribution in [0.25, 0.3) is 0 Å². The summed E-state index contributed by atoms with van der Waals surface area (Å²) < 4.78 is 49.4. The molecule has 1 heterocycles. The number of aromatic nitrogens is 1. The topological polar surface area (TPSA) is 118 Å². The molecule has 0 atom stereocenters. The quantitative estimate of drug-likeness (QED) is 0.146. The van der Waals surface area contributed by atoms with Gasteiger partial charge in [0.25, 0.3) is 5.91 Å². The summed E-state index contributed by atoms with van der Waals surface area (Å²) in [5.74, 6) is -4.34. The normalized spacial score (nSPS) is 11.1. The van der Waals surface area contributed by atoms with Gasteiger partial charge in [0.2, 0.25) is 5.89 Å². The van der Waals surface area contributed by atoms with Crippen LogP contribution in [-0.4, -0.2) is 35.4 Å². The Hall–Kier alpha value is -3.17. The number of hydrogen-bond acceptors (Lipinski definition) is 8. The largest absolute Gasteiger partial charge is 0.445 e. The van der Waals surface area contributed by atoms with Crippen molar-refractivity contribution in [2.24, 2.45) is 5.16 Å². The van der Waals surface area contributed by atoms with Crippen molar-refractivity contribution < 1.29 is 37.2 Å². The van der Waals surface area contributed by atoms with E-state index in [0.717, 1.165) is 12.3 Å². The molecule has 0 saturated carbocycles. The second kappa shape index (κ2) is 11.6. The van der Waals surface area contributed by atoms with Crippen LogP contribution in [0.3, 0.4) is 0 Å². The number of oxazole rings is 1.